The molecular weight excluding hydrogens is 360 g/mol. The molecule has 154 valence electrons. The molecule has 0 aliphatic heterocycles. The van der Waals surface area contributed by atoms with Gasteiger partial charge in [0.05, 0.1) is 7.11 Å². The first-order chi connectivity index (χ1) is 13.1. The molecule has 1 aromatic carbocycles. The van der Waals surface area contributed by atoms with Crippen LogP contribution in [0.5, 0.6) is 0 Å². The fraction of sp³-hybridized carbons (Fsp3) is 0.600. The molecule has 0 aliphatic rings. The van der Waals surface area contributed by atoms with Crippen LogP contribution in [0, 0.1) is 0 Å². The van der Waals surface area contributed by atoms with Gasteiger partial charge in [-0.1, -0.05) is 29.4 Å². The Labute approximate surface area is 166 Å². The summed E-state index contributed by atoms with van der Waals surface area (Å²) in [6, 6.07) is 7.84. The van der Waals surface area contributed by atoms with Gasteiger partial charge >= 0.3 is 12.1 Å². The molecule has 0 aromatic heterocycles. The van der Waals surface area contributed by atoms with Crippen LogP contribution in [0.25, 0.3) is 10.4 Å². The first kappa shape index (κ1) is 23.3. The number of alkyl carbamates (subject to hydrolysis) is 1. The molecule has 1 N–H and O–H groups in total. The van der Waals surface area contributed by atoms with Crippen LogP contribution in [0.1, 0.15) is 51.7 Å². The Balaban J connectivity index is 2.85. The van der Waals surface area contributed by atoms with Crippen LogP contribution in [0.3, 0.4) is 0 Å². The highest BCUT2D eigenvalue weighted by atomic mass is 16.6. The van der Waals surface area contributed by atoms with Crippen LogP contribution in [0.15, 0.2) is 29.4 Å². The molecule has 1 atom stereocenters. The molecule has 1 amide bonds. The van der Waals surface area contributed by atoms with E-state index in [4.69, 9.17) is 15.0 Å². The molecule has 0 aliphatic carbocycles. The highest BCUT2D eigenvalue weighted by Gasteiger charge is 2.37. The van der Waals surface area contributed by atoms with Gasteiger partial charge < -0.3 is 14.8 Å². The third kappa shape index (κ3) is 8.31. The summed E-state index contributed by atoms with van der Waals surface area (Å²) >= 11 is 0. The number of nitrogens with zero attached hydrogens (tertiary/aromatic N) is 3. The number of aryl methyl sites for hydroxylation is 1. The van der Waals surface area contributed by atoms with Gasteiger partial charge in [-0.3, -0.25) is 0 Å². The molecule has 1 unspecified atom stereocenters. The van der Waals surface area contributed by atoms with E-state index in [9.17, 15) is 9.59 Å². The van der Waals surface area contributed by atoms with Crippen LogP contribution in [0.4, 0.5) is 4.79 Å². The van der Waals surface area contributed by atoms with Crippen LogP contribution in [0.2, 0.25) is 0 Å². The topological polar surface area (TPSA) is 113 Å². The summed E-state index contributed by atoms with van der Waals surface area (Å²) in [5, 5.41) is 6.18. The minimum absolute atomic E-state index is 0.269. The number of nitrogens with one attached hydrogen (secondary N) is 1. The van der Waals surface area contributed by atoms with E-state index in [1.807, 2.05) is 24.3 Å². The van der Waals surface area contributed by atoms with Crippen LogP contribution in [-0.2, 0) is 27.1 Å². The second-order valence-corrected chi connectivity index (χ2v) is 7.86. The number of benzene rings is 1. The standard InChI is InChI=1S/C20H30N4O4/c1-19(2,3)28-18(26)23-20(4,17(25)27-5)14-16-11-8-10-15(13-16)9-6-7-12-22-24-21/h8,10-11,13H,6-7,9,12,14H2,1-5H3,(H,23,26). The second kappa shape index (κ2) is 10.6. The normalized spacial score (nSPS) is 13.0. The average Bonchev–Trinajstić information content (AvgIpc) is 2.59. The Morgan fingerprint density at radius 3 is 2.46 bits per heavy atom. The van der Waals surface area contributed by atoms with E-state index in [-0.39, 0.29) is 6.42 Å². The Morgan fingerprint density at radius 1 is 1.18 bits per heavy atom. The molecule has 0 spiro atoms. The number of hydrogen-bond donors (Lipinski definition) is 1. The summed E-state index contributed by atoms with van der Waals surface area (Å²) < 4.78 is 10.2. The fourth-order valence-corrected chi connectivity index (χ4v) is 2.78. The number of unbranched alkanes of at least 4 members (excludes halogenated alkanes) is 1. The van der Waals surface area contributed by atoms with Gasteiger partial charge in [-0.05, 0) is 63.6 Å². The number of carbonyl (C=O) groups is 2. The zero-order valence-electron chi connectivity index (χ0n) is 17.3. The van der Waals surface area contributed by atoms with E-state index in [1.165, 1.54) is 7.11 Å². The number of carbonyl (C=O) groups excluding carboxylic acids is 2. The first-order valence-corrected chi connectivity index (χ1v) is 9.28. The fourth-order valence-electron chi connectivity index (χ4n) is 2.78. The Bertz CT molecular complexity index is 723. The number of esters is 1. The number of methoxy groups -OCH3 is 1. The van der Waals surface area contributed by atoms with Gasteiger partial charge in [0.15, 0.2) is 0 Å². The van der Waals surface area contributed by atoms with Crippen molar-refractivity contribution in [2.24, 2.45) is 5.11 Å². The predicted octanol–water partition coefficient (Wildman–Crippen LogP) is 4.32. The van der Waals surface area contributed by atoms with Crippen molar-refractivity contribution in [3.63, 3.8) is 0 Å². The number of ether oxygens (including phenoxy) is 2. The zero-order valence-corrected chi connectivity index (χ0v) is 17.3. The minimum atomic E-state index is -1.25. The van der Waals surface area contributed by atoms with Crippen LogP contribution in [-0.4, -0.2) is 36.9 Å². The van der Waals surface area contributed by atoms with E-state index in [0.29, 0.717) is 6.54 Å². The molecule has 8 nitrogen and oxygen atoms in total. The molecule has 0 saturated heterocycles. The van der Waals surface area contributed by atoms with Crippen molar-refractivity contribution in [3.05, 3.63) is 45.8 Å². The largest absolute Gasteiger partial charge is 0.467 e. The number of rotatable bonds is 9. The quantitative estimate of drug-likeness (QED) is 0.222. The molecule has 8 heteroatoms. The molecule has 0 heterocycles. The lowest BCUT2D eigenvalue weighted by atomic mass is 9.91. The van der Waals surface area contributed by atoms with Gasteiger partial charge in [-0.15, -0.1) is 0 Å². The lowest BCUT2D eigenvalue weighted by Gasteiger charge is -2.30. The minimum Gasteiger partial charge on any atom is -0.467 e. The van der Waals surface area contributed by atoms with E-state index in [0.717, 1.165) is 30.4 Å². The average molecular weight is 390 g/mol. The number of azide groups is 1. The Hall–Kier alpha value is -2.73. The van der Waals surface area contributed by atoms with Crippen molar-refractivity contribution < 1.29 is 19.1 Å². The Morgan fingerprint density at radius 2 is 1.86 bits per heavy atom. The summed E-state index contributed by atoms with van der Waals surface area (Å²) in [6.07, 6.45) is 2.14. The smallest absolute Gasteiger partial charge is 0.408 e. The molecule has 0 radical (unpaired) electrons. The lowest BCUT2D eigenvalue weighted by molar-refractivity contribution is -0.147. The van der Waals surface area contributed by atoms with Crippen molar-refractivity contribution in [2.75, 3.05) is 13.7 Å². The zero-order chi connectivity index (χ0) is 21.2. The van der Waals surface area contributed by atoms with Gasteiger partial charge in [0.25, 0.3) is 0 Å². The SMILES string of the molecule is COC(=O)C(C)(Cc1cccc(CCCCN=[N+]=[N-])c1)NC(=O)OC(C)(C)C. The summed E-state index contributed by atoms with van der Waals surface area (Å²) in [5.74, 6) is -0.543. The van der Waals surface area contributed by atoms with Gasteiger partial charge in [-0.25, -0.2) is 9.59 Å². The van der Waals surface area contributed by atoms with Crippen molar-refractivity contribution in [1.82, 2.24) is 5.32 Å². The van der Waals surface area contributed by atoms with E-state index >= 15 is 0 Å². The van der Waals surface area contributed by atoms with Gasteiger partial charge in [0.2, 0.25) is 0 Å². The highest BCUT2D eigenvalue weighted by molar-refractivity contribution is 5.85. The lowest BCUT2D eigenvalue weighted by Crippen LogP contribution is -2.55. The van der Waals surface area contributed by atoms with Crippen molar-refractivity contribution in [1.29, 1.82) is 0 Å². The molecule has 28 heavy (non-hydrogen) atoms. The van der Waals surface area contributed by atoms with Crippen molar-refractivity contribution >= 4 is 12.1 Å². The molecule has 0 saturated carbocycles. The summed E-state index contributed by atoms with van der Waals surface area (Å²) in [6.45, 7) is 7.38. The number of hydrogen-bond acceptors (Lipinski definition) is 5. The molecule has 0 fully saturated rings. The van der Waals surface area contributed by atoms with Crippen molar-refractivity contribution in [2.45, 2.75) is 64.5 Å². The maximum Gasteiger partial charge on any atom is 0.408 e. The van der Waals surface area contributed by atoms with E-state index in [2.05, 4.69) is 15.3 Å². The highest BCUT2D eigenvalue weighted by Crippen LogP contribution is 2.19. The first-order valence-electron chi connectivity index (χ1n) is 9.28. The monoisotopic (exact) mass is 390 g/mol. The second-order valence-electron chi connectivity index (χ2n) is 7.86. The van der Waals surface area contributed by atoms with E-state index < -0.39 is 23.2 Å². The maximum atomic E-state index is 12.4. The third-order valence-electron chi connectivity index (χ3n) is 4.00. The van der Waals surface area contributed by atoms with E-state index in [1.54, 1.807) is 27.7 Å². The third-order valence-corrected chi connectivity index (χ3v) is 4.00. The maximum absolute atomic E-state index is 12.4. The van der Waals surface area contributed by atoms with Crippen LogP contribution < -0.4 is 5.32 Å². The Kier molecular flexibility index (Phi) is 8.79. The van der Waals surface area contributed by atoms with Crippen LogP contribution >= 0.6 is 0 Å². The molecular formula is C20H30N4O4. The predicted molar refractivity (Wildman–Crippen MR) is 107 cm³/mol. The summed E-state index contributed by atoms with van der Waals surface area (Å²) in [7, 11) is 1.29. The van der Waals surface area contributed by atoms with Gasteiger partial charge in [0, 0.05) is 17.9 Å². The summed E-state index contributed by atoms with van der Waals surface area (Å²) in [5.41, 5.74) is 8.39. The molecule has 0 bridgehead atoms. The van der Waals surface area contributed by atoms with Gasteiger partial charge in [0.1, 0.15) is 11.1 Å². The van der Waals surface area contributed by atoms with Gasteiger partial charge in [-0.2, -0.15) is 0 Å². The summed E-state index contributed by atoms with van der Waals surface area (Å²) in [4.78, 5) is 27.3. The van der Waals surface area contributed by atoms with Crippen molar-refractivity contribution in [3.8, 4) is 0 Å². The number of amides is 1. The molecule has 1 aromatic rings. The molecule has 1 rings (SSSR count).